The molecular weight excluding hydrogens is 264 g/mol. The Morgan fingerprint density at radius 2 is 2.10 bits per heavy atom. The summed E-state index contributed by atoms with van der Waals surface area (Å²) in [6.07, 6.45) is 7.64. The second-order valence-electron chi connectivity index (χ2n) is 6.48. The number of anilines is 1. The second-order valence-corrected chi connectivity index (χ2v) is 6.48. The van der Waals surface area contributed by atoms with Crippen LogP contribution in [0.1, 0.15) is 61.9 Å². The SMILES string of the molecule is Cc1cc(C(=O)O)cnc1N(CCC(C)C)C1CCCC1. The van der Waals surface area contributed by atoms with E-state index in [9.17, 15) is 4.79 Å². The maximum absolute atomic E-state index is 11.1. The molecule has 0 atom stereocenters. The Labute approximate surface area is 127 Å². The lowest BCUT2D eigenvalue weighted by Crippen LogP contribution is -2.36. The second kappa shape index (κ2) is 6.92. The highest BCUT2D eigenvalue weighted by Crippen LogP contribution is 2.29. The van der Waals surface area contributed by atoms with E-state index in [0.29, 0.717) is 12.0 Å². The molecule has 1 aromatic heterocycles. The lowest BCUT2D eigenvalue weighted by Gasteiger charge is -2.32. The van der Waals surface area contributed by atoms with Crippen LogP contribution in [0.4, 0.5) is 5.82 Å². The van der Waals surface area contributed by atoms with Gasteiger partial charge in [-0.3, -0.25) is 0 Å². The lowest BCUT2D eigenvalue weighted by molar-refractivity contribution is 0.0696. The topological polar surface area (TPSA) is 53.4 Å². The Morgan fingerprint density at radius 1 is 1.43 bits per heavy atom. The monoisotopic (exact) mass is 290 g/mol. The van der Waals surface area contributed by atoms with Crippen molar-refractivity contribution in [3.63, 3.8) is 0 Å². The summed E-state index contributed by atoms with van der Waals surface area (Å²) in [5.74, 6) is 0.715. The summed E-state index contributed by atoms with van der Waals surface area (Å²) in [5.41, 5.74) is 1.23. The molecule has 2 rings (SSSR count). The minimum absolute atomic E-state index is 0.270. The number of aryl methyl sites for hydroxylation is 1. The highest BCUT2D eigenvalue weighted by molar-refractivity contribution is 5.87. The van der Waals surface area contributed by atoms with Crippen molar-refractivity contribution in [2.75, 3.05) is 11.4 Å². The standard InChI is InChI=1S/C17H26N2O2/c1-12(2)8-9-19(15-6-4-5-7-15)16-13(3)10-14(11-18-16)17(20)21/h10-12,15H,4-9H2,1-3H3,(H,20,21). The number of nitrogens with zero attached hydrogens (tertiary/aromatic N) is 2. The van der Waals surface area contributed by atoms with Crippen molar-refractivity contribution in [1.29, 1.82) is 0 Å². The maximum atomic E-state index is 11.1. The minimum Gasteiger partial charge on any atom is -0.478 e. The zero-order valence-corrected chi connectivity index (χ0v) is 13.3. The van der Waals surface area contributed by atoms with Crippen LogP contribution in [-0.4, -0.2) is 28.6 Å². The van der Waals surface area contributed by atoms with Crippen molar-refractivity contribution in [2.45, 2.75) is 58.9 Å². The smallest absolute Gasteiger partial charge is 0.337 e. The molecule has 0 bridgehead atoms. The fourth-order valence-corrected chi connectivity index (χ4v) is 3.06. The van der Waals surface area contributed by atoms with E-state index in [-0.39, 0.29) is 5.56 Å². The normalized spacial score (nSPS) is 15.6. The molecule has 1 aromatic rings. The molecule has 0 saturated heterocycles. The Hall–Kier alpha value is -1.58. The van der Waals surface area contributed by atoms with Gasteiger partial charge in [-0.05, 0) is 43.7 Å². The molecule has 1 N–H and O–H groups in total. The molecule has 0 radical (unpaired) electrons. The van der Waals surface area contributed by atoms with Gasteiger partial charge in [-0.2, -0.15) is 0 Å². The maximum Gasteiger partial charge on any atom is 0.337 e. The van der Waals surface area contributed by atoms with E-state index in [1.165, 1.54) is 31.9 Å². The molecule has 0 aliphatic heterocycles. The van der Waals surface area contributed by atoms with E-state index >= 15 is 0 Å². The molecule has 1 heterocycles. The predicted molar refractivity (Wildman–Crippen MR) is 85.0 cm³/mol. The van der Waals surface area contributed by atoms with E-state index in [2.05, 4.69) is 23.7 Å². The van der Waals surface area contributed by atoms with E-state index in [1.807, 2.05) is 6.92 Å². The first-order valence-corrected chi connectivity index (χ1v) is 7.95. The number of hydrogen-bond donors (Lipinski definition) is 1. The molecule has 1 aliphatic carbocycles. The van der Waals surface area contributed by atoms with Crippen LogP contribution in [-0.2, 0) is 0 Å². The molecule has 1 saturated carbocycles. The summed E-state index contributed by atoms with van der Waals surface area (Å²) in [4.78, 5) is 17.9. The Balaban J connectivity index is 2.24. The quantitative estimate of drug-likeness (QED) is 0.863. The average Bonchev–Trinajstić information content (AvgIpc) is 2.94. The number of carboxylic acid groups (broad SMARTS) is 1. The fraction of sp³-hybridized carbons (Fsp3) is 0.647. The first kappa shape index (κ1) is 15.8. The van der Waals surface area contributed by atoms with Gasteiger partial charge in [0.05, 0.1) is 5.56 Å². The predicted octanol–water partition coefficient (Wildman–Crippen LogP) is 3.88. The van der Waals surface area contributed by atoms with Gasteiger partial charge in [-0.1, -0.05) is 26.7 Å². The molecule has 21 heavy (non-hydrogen) atoms. The van der Waals surface area contributed by atoms with Crippen molar-refractivity contribution in [1.82, 2.24) is 4.98 Å². The molecule has 4 nitrogen and oxygen atoms in total. The van der Waals surface area contributed by atoms with Crippen molar-refractivity contribution < 1.29 is 9.90 Å². The van der Waals surface area contributed by atoms with E-state index in [1.54, 1.807) is 6.07 Å². The van der Waals surface area contributed by atoms with Gasteiger partial charge >= 0.3 is 5.97 Å². The first-order valence-electron chi connectivity index (χ1n) is 7.95. The zero-order valence-electron chi connectivity index (χ0n) is 13.3. The third kappa shape index (κ3) is 3.96. The van der Waals surface area contributed by atoms with Crippen LogP contribution in [0.25, 0.3) is 0 Å². The number of carboxylic acids is 1. The Morgan fingerprint density at radius 3 is 2.62 bits per heavy atom. The van der Waals surface area contributed by atoms with Gasteiger partial charge in [0, 0.05) is 18.8 Å². The highest BCUT2D eigenvalue weighted by atomic mass is 16.4. The molecular formula is C17H26N2O2. The third-order valence-corrected chi connectivity index (χ3v) is 4.28. The van der Waals surface area contributed by atoms with E-state index in [4.69, 9.17) is 5.11 Å². The highest BCUT2D eigenvalue weighted by Gasteiger charge is 2.25. The summed E-state index contributed by atoms with van der Waals surface area (Å²) in [5, 5.41) is 9.07. The van der Waals surface area contributed by atoms with Gasteiger partial charge < -0.3 is 10.0 Å². The van der Waals surface area contributed by atoms with E-state index in [0.717, 1.165) is 24.3 Å². The molecule has 1 aliphatic rings. The number of rotatable bonds is 6. The van der Waals surface area contributed by atoms with Crippen LogP contribution in [0, 0.1) is 12.8 Å². The minimum atomic E-state index is -0.910. The largest absolute Gasteiger partial charge is 0.478 e. The number of carbonyl (C=O) groups is 1. The van der Waals surface area contributed by atoms with E-state index < -0.39 is 5.97 Å². The third-order valence-electron chi connectivity index (χ3n) is 4.28. The van der Waals surface area contributed by atoms with Crippen LogP contribution in [0.3, 0.4) is 0 Å². The molecule has 0 unspecified atom stereocenters. The van der Waals surface area contributed by atoms with Crippen LogP contribution in [0.2, 0.25) is 0 Å². The van der Waals surface area contributed by atoms with Gasteiger partial charge in [0.2, 0.25) is 0 Å². The summed E-state index contributed by atoms with van der Waals surface area (Å²) >= 11 is 0. The van der Waals surface area contributed by atoms with Crippen molar-refractivity contribution in [3.05, 3.63) is 23.4 Å². The number of aromatic nitrogens is 1. The van der Waals surface area contributed by atoms with Crippen LogP contribution in [0.15, 0.2) is 12.3 Å². The average molecular weight is 290 g/mol. The molecule has 116 valence electrons. The van der Waals surface area contributed by atoms with Crippen LogP contribution >= 0.6 is 0 Å². The number of pyridine rings is 1. The Kier molecular flexibility index (Phi) is 5.21. The summed E-state index contributed by atoms with van der Waals surface area (Å²) < 4.78 is 0. The molecule has 1 fully saturated rings. The Bertz CT molecular complexity index is 494. The van der Waals surface area contributed by atoms with Crippen molar-refractivity contribution in [3.8, 4) is 0 Å². The first-order chi connectivity index (χ1) is 9.99. The number of hydrogen-bond acceptors (Lipinski definition) is 3. The molecule has 0 aromatic carbocycles. The summed E-state index contributed by atoms with van der Waals surface area (Å²) in [6.45, 7) is 7.44. The van der Waals surface area contributed by atoms with Gasteiger partial charge in [0.15, 0.2) is 0 Å². The summed E-state index contributed by atoms with van der Waals surface area (Å²) in [6, 6.07) is 2.30. The van der Waals surface area contributed by atoms with Gasteiger partial charge in [0.1, 0.15) is 5.82 Å². The van der Waals surface area contributed by atoms with Gasteiger partial charge in [0.25, 0.3) is 0 Å². The lowest BCUT2D eigenvalue weighted by atomic mass is 10.1. The number of aromatic carboxylic acids is 1. The van der Waals surface area contributed by atoms with Crippen molar-refractivity contribution in [2.24, 2.45) is 5.92 Å². The van der Waals surface area contributed by atoms with Gasteiger partial charge in [-0.15, -0.1) is 0 Å². The fourth-order valence-electron chi connectivity index (χ4n) is 3.06. The van der Waals surface area contributed by atoms with Crippen molar-refractivity contribution >= 4 is 11.8 Å². The summed E-state index contributed by atoms with van der Waals surface area (Å²) in [7, 11) is 0. The molecule has 4 heteroatoms. The van der Waals surface area contributed by atoms with Crippen LogP contribution in [0.5, 0.6) is 0 Å². The zero-order chi connectivity index (χ0) is 15.4. The molecule has 0 spiro atoms. The van der Waals surface area contributed by atoms with Crippen LogP contribution < -0.4 is 4.90 Å². The molecule has 0 amide bonds. The van der Waals surface area contributed by atoms with Gasteiger partial charge in [-0.25, -0.2) is 9.78 Å².